The molecule has 0 N–H and O–H groups in total. The predicted molar refractivity (Wildman–Crippen MR) is 203 cm³/mol. The first kappa shape index (κ1) is 27.1. The Bertz CT molecular complexity index is 2810. The maximum Gasteiger partial charge on any atom is 0.145 e. The van der Waals surface area contributed by atoms with Gasteiger partial charge >= 0.3 is 0 Å². The number of hydrogen-bond acceptors (Lipinski definition) is 3. The summed E-state index contributed by atoms with van der Waals surface area (Å²) in [5.41, 5.74) is 9.75. The normalized spacial score (nSPS) is 11.8. The van der Waals surface area contributed by atoms with E-state index in [1.54, 1.807) is 0 Å². The molecular weight excluding hydrogens is 603 g/mol. The smallest absolute Gasteiger partial charge is 0.145 e. The number of fused-ring (bicyclic) bond motifs is 8. The molecule has 10 aromatic rings. The van der Waals surface area contributed by atoms with Crippen molar-refractivity contribution in [1.82, 2.24) is 14.5 Å². The van der Waals surface area contributed by atoms with Crippen molar-refractivity contribution in [2.45, 2.75) is 0 Å². The lowest BCUT2D eigenvalue weighted by Crippen LogP contribution is -1.97. The van der Waals surface area contributed by atoms with E-state index in [9.17, 15) is 0 Å². The largest absolute Gasteiger partial charge is 0.292 e. The monoisotopic (exact) mass is 629 g/mol. The van der Waals surface area contributed by atoms with E-state index in [2.05, 4.69) is 156 Å². The Hall–Kier alpha value is -6.10. The second-order valence-corrected chi connectivity index (χ2v) is 13.2. The molecule has 224 valence electrons. The zero-order valence-corrected chi connectivity index (χ0v) is 26.7. The number of hydrogen-bond donors (Lipinski definition) is 0. The molecule has 0 fully saturated rings. The highest BCUT2D eigenvalue weighted by molar-refractivity contribution is 7.26. The summed E-state index contributed by atoms with van der Waals surface area (Å²) in [4.78, 5) is 10.2. The van der Waals surface area contributed by atoms with Crippen molar-refractivity contribution < 1.29 is 0 Å². The molecule has 0 amide bonds. The van der Waals surface area contributed by atoms with Gasteiger partial charge in [0.2, 0.25) is 0 Å². The van der Waals surface area contributed by atoms with Crippen LogP contribution in [0.25, 0.3) is 92.3 Å². The highest BCUT2D eigenvalue weighted by Gasteiger charge is 2.17. The summed E-state index contributed by atoms with van der Waals surface area (Å²) < 4.78 is 4.89. The molecule has 48 heavy (non-hydrogen) atoms. The Kier molecular flexibility index (Phi) is 6.05. The molecule has 7 aromatic carbocycles. The lowest BCUT2D eigenvalue weighted by molar-refractivity contribution is 1.10. The second kappa shape index (κ2) is 10.7. The third kappa shape index (κ3) is 4.20. The van der Waals surface area contributed by atoms with E-state index in [-0.39, 0.29) is 0 Å². The topological polar surface area (TPSA) is 30.7 Å². The minimum atomic E-state index is 0.942. The van der Waals surface area contributed by atoms with Crippen LogP contribution in [0.1, 0.15) is 0 Å². The van der Waals surface area contributed by atoms with Crippen LogP contribution in [0.2, 0.25) is 0 Å². The Balaban J connectivity index is 1.06. The predicted octanol–water partition coefficient (Wildman–Crippen LogP) is 12.1. The second-order valence-electron chi connectivity index (χ2n) is 12.2. The highest BCUT2D eigenvalue weighted by atomic mass is 32.1. The van der Waals surface area contributed by atoms with E-state index in [1.807, 2.05) is 23.5 Å². The lowest BCUT2D eigenvalue weighted by atomic mass is 9.96. The van der Waals surface area contributed by atoms with Gasteiger partial charge < -0.3 is 0 Å². The van der Waals surface area contributed by atoms with Gasteiger partial charge in [0.15, 0.2) is 0 Å². The summed E-state index contributed by atoms with van der Waals surface area (Å²) in [5.74, 6) is 0.942. The van der Waals surface area contributed by atoms with Gasteiger partial charge in [-0.2, -0.15) is 0 Å². The van der Waals surface area contributed by atoms with Crippen LogP contribution in [0.5, 0.6) is 0 Å². The van der Waals surface area contributed by atoms with Crippen molar-refractivity contribution >= 4 is 64.2 Å². The molecular formula is C44H27N3S. The van der Waals surface area contributed by atoms with Gasteiger partial charge in [-0.1, -0.05) is 127 Å². The summed E-state index contributed by atoms with van der Waals surface area (Å²) in [6.07, 6.45) is 0. The molecule has 0 saturated carbocycles. The maximum absolute atomic E-state index is 5.23. The molecule has 0 aliphatic carbocycles. The fraction of sp³-hybridized carbons (Fsp3) is 0. The minimum absolute atomic E-state index is 0.942. The Labute approximate surface area is 281 Å². The molecule has 3 nitrogen and oxygen atoms in total. The molecule has 10 rings (SSSR count). The van der Waals surface area contributed by atoms with Crippen molar-refractivity contribution in [3.8, 4) is 39.5 Å². The molecule has 0 spiro atoms. The first-order chi connectivity index (χ1) is 23.8. The van der Waals surface area contributed by atoms with Gasteiger partial charge in [0.1, 0.15) is 5.82 Å². The standard InChI is InChI=1S/C44H27N3S/c1-2-10-31(11-3-1)44-46-38-15-7-8-16-39(38)47(44)32-24-22-29(23-25-32)28-18-20-30(21-19-28)42-36-27-26-34-33-12-5-9-17-40(33)48-43(34)41(36)35-13-4-6-14-37(35)45-42/h1-27H. The van der Waals surface area contributed by atoms with Crippen LogP contribution in [0.15, 0.2) is 164 Å². The lowest BCUT2D eigenvalue weighted by Gasteiger charge is -2.12. The van der Waals surface area contributed by atoms with Crippen LogP contribution < -0.4 is 0 Å². The minimum Gasteiger partial charge on any atom is -0.292 e. The van der Waals surface area contributed by atoms with E-state index in [1.165, 1.54) is 47.5 Å². The van der Waals surface area contributed by atoms with Crippen LogP contribution in [0, 0.1) is 0 Å². The molecule has 0 aliphatic rings. The van der Waals surface area contributed by atoms with Crippen molar-refractivity contribution in [2.75, 3.05) is 0 Å². The summed E-state index contributed by atoms with van der Waals surface area (Å²) in [6.45, 7) is 0. The molecule has 0 unspecified atom stereocenters. The number of benzene rings is 7. The summed E-state index contributed by atoms with van der Waals surface area (Å²) in [5, 5.41) is 6.30. The maximum atomic E-state index is 5.23. The van der Waals surface area contributed by atoms with Gasteiger partial charge in [-0.15, -0.1) is 11.3 Å². The van der Waals surface area contributed by atoms with Gasteiger partial charge in [-0.25, -0.2) is 9.97 Å². The quantitative estimate of drug-likeness (QED) is 0.181. The van der Waals surface area contributed by atoms with E-state index in [0.29, 0.717) is 0 Å². The van der Waals surface area contributed by atoms with Gasteiger partial charge in [0.05, 0.1) is 22.2 Å². The van der Waals surface area contributed by atoms with Crippen LogP contribution in [-0.2, 0) is 0 Å². The van der Waals surface area contributed by atoms with Crippen LogP contribution >= 0.6 is 11.3 Å². The first-order valence-corrected chi connectivity index (χ1v) is 17.0. The number of pyridine rings is 1. The Morgan fingerprint density at radius 3 is 1.85 bits per heavy atom. The number of para-hydroxylation sites is 3. The van der Waals surface area contributed by atoms with Crippen LogP contribution in [-0.4, -0.2) is 14.5 Å². The SMILES string of the molecule is c1ccc(-c2nc3ccccc3n2-c2ccc(-c3ccc(-c4nc5ccccc5c5c4ccc4c6ccccc6sc45)cc3)cc2)cc1. The van der Waals surface area contributed by atoms with Gasteiger partial charge in [0, 0.05) is 53.1 Å². The molecule has 0 saturated heterocycles. The number of nitrogens with zero attached hydrogens (tertiary/aromatic N) is 3. The summed E-state index contributed by atoms with van der Waals surface area (Å²) in [6, 6.07) is 58.2. The summed E-state index contributed by atoms with van der Waals surface area (Å²) in [7, 11) is 0. The van der Waals surface area contributed by atoms with Gasteiger partial charge in [-0.05, 0) is 47.5 Å². The van der Waals surface area contributed by atoms with Gasteiger partial charge in [0.25, 0.3) is 0 Å². The third-order valence-corrected chi connectivity index (χ3v) is 10.6. The third-order valence-electron chi connectivity index (χ3n) is 9.42. The zero-order chi connectivity index (χ0) is 31.6. The van der Waals surface area contributed by atoms with Crippen LogP contribution in [0.4, 0.5) is 0 Å². The van der Waals surface area contributed by atoms with E-state index < -0.39 is 0 Å². The fourth-order valence-corrected chi connectivity index (χ4v) is 8.39. The fourth-order valence-electron chi connectivity index (χ4n) is 7.13. The summed E-state index contributed by atoms with van der Waals surface area (Å²) >= 11 is 1.88. The average molecular weight is 630 g/mol. The van der Waals surface area contributed by atoms with E-state index >= 15 is 0 Å². The number of rotatable bonds is 4. The molecule has 4 heteroatoms. The van der Waals surface area contributed by atoms with E-state index in [0.717, 1.165) is 44.9 Å². The Morgan fingerprint density at radius 1 is 0.417 bits per heavy atom. The molecule has 0 radical (unpaired) electrons. The molecule has 3 heterocycles. The Morgan fingerprint density at radius 2 is 1.04 bits per heavy atom. The molecule has 0 aliphatic heterocycles. The van der Waals surface area contributed by atoms with Gasteiger partial charge in [-0.3, -0.25) is 4.57 Å². The zero-order valence-electron chi connectivity index (χ0n) is 25.8. The number of aromatic nitrogens is 3. The molecule has 0 atom stereocenters. The molecule has 3 aromatic heterocycles. The van der Waals surface area contributed by atoms with Crippen molar-refractivity contribution in [3.63, 3.8) is 0 Å². The van der Waals surface area contributed by atoms with E-state index in [4.69, 9.17) is 9.97 Å². The number of imidazole rings is 1. The first-order valence-electron chi connectivity index (χ1n) is 16.2. The number of thiophene rings is 1. The van der Waals surface area contributed by atoms with Crippen molar-refractivity contribution in [1.29, 1.82) is 0 Å². The average Bonchev–Trinajstić information content (AvgIpc) is 3.74. The van der Waals surface area contributed by atoms with Crippen molar-refractivity contribution in [2.24, 2.45) is 0 Å². The van der Waals surface area contributed by atoms with Crippen LogP contribution in [0.3, 0.4) is 0 Å². The van der Waals surface area contributed by atoms with Crippen molar-refractivity contribution in [3.05, 3.63) is 164 Å². The molecule has 0 bridgehead atoms. The highest BCUT2D eigenvalue weighted by Crippen LogP contribution is 2.43.